The van der Waals surface area contributed by atoms with E-state index in [1.807, 2.05) is 6.92 Å². The number of rotatable bonds is 5. The summed E-state index contributed by atoms with van der Waals surface area (Å²) < 4.78 is 5.10. The van der Waals surface area contributed by atoms with Gasteiger partial charge in [-0.1, -0.05) is 6.92 Å². The molecule has 0 aromatic carbocycles. The number of ether oxygens (including phenoxy) is 1. The number of aliphatic hydroxyl groups is 1. The first-order valence-electron chi connectivity index (χ1n) is 5.44. The van der Waals surface area contributed by atoms with Crippen molar-refractivity contribution in [1.29, 1.82) is 0 Å². The van der Waals surface area contributed by atoms with Gasteiger partial charge in [-0.2, -0.15) is 0 Å². The Morgan fingerprint density at radius 3 is 2.93 bits per heavy atom. The maximum atomic E-state index is 11.6. The Balaban J connectivity index is 2.18. The summed E-state index contributed by atoms with van der Waals surface area (Å²) in [6, 6.07) is -0.193. The van der Waals surface area contributed by atoms with E-state index < -0.39 is 0 Å². The predicted octanol–water partition coefficient (Wildman–Crippen LogP) is -0.763. The van der Waals surface area contributed by atoms with Crippen LogP contribution in [0.2, 0.25) is 0 Å². The van der Waals surface area contributed by atoms with Crippen LogP contribution in [0.5, 0.6) is 0 Å². The molecule has 1 aliphatic heterocycles. The average molecular weight is 216 g/mol. The van der Waals surface area contributed by atoms with Crippen molar-refractivity contribution in [2.24, 2.45) is 11.7 Å². The van der Waals surface area contributed by atoms with E-state index in [1.165, 1.54) is 0 Å². The Bertz CT molecular complexity index is 211. The zero-order chi connectivity index (χ0) is 11.3. The number of aliphatic hydroxyl groups excluding tert-OH is 1. The van der Waals surface area contributed by atoms with E-state index in [1.54, 1.807) is 0 Å². The van der Waals surface area contributed by atoms with Crippen molar-refractivity contribution in [3.8, 4) is 0 Å². The van der Waals surface area contributed by atoms with Gasteiger partial charge in [-0.05, 0) is 12.8 Å². The lowest BCUT2D eigenvalue weighted by Crippen LogP contribution is -2.41. The number of hydrogen-bond acceptors (Lipinski definition) is 4. The Morgan fingerprint density at radius 2 is 2.40 bits per heavy atom. The Labute approximate surface area is 90.0 Å². The second-order valence-corrected chi connectivity index (χ2v) is 3.95. The van der Waals surface area contributed by atoms with Crippen LogP contribution in [0, 0.1) is 5.92 Å². The second-order valence-electron chi connectivity index (χ2n) is 3.95. The molecule has 0 aliphatic carbocycles. The number of nitrogens with two attached hydrogens (primary N) is 1. The summed E-state index contributed by atoms with van der Waals surface area (Å²) >= 11 is 0. The molecule has 1 saturated heterocycles. The summed E-state index contributed by atoms with van der Waals surface area (Å²) in [5.41, 5.74) is 5.70. The largest absolute Gasteiger partial charge is 0.393 e. The van der Waals surface area contributed by atoms with E-state index in [4.69, 9.17) is 10.5 Å². The highest BCUT2D eigenvalue weighted by molar-refractivity contribution is 5.79. The molecular weight excluding hydrogens is 196 g/mol. The van der Waals surface area contributed by atoms with Crippen LogP contribution < -0.4 is 11.1 Å². The molecule has 0 aromatic rings. The Hall–Kier alpha value is -0.650. The molecular formula is C10H20N2O3. The standard InChI is InChI=1S/C10H20N2O3/c1-2-7(13)3-4-12-10(14)8-5-15-6-9(8)11/h7-9,13H,2-6,11H2,1H3,(H,12,14). The molecule has 0 spiro atoms. The molecule has 1 fully saturated rings. The fraction of sp³-hybridized carbons (Fsp3) is 0.900. The monoisotopic (exact) mass is 216 g/mol. The van der Waals surface area contributed by atoms with Crippen molar-refractivity contribution >= 4 is 5.91 Å². The molecule has 3 atom stereocenters. The SMILES string of the molecule is CCC(O)CCNC(=O)C1COCC1N. The molecule has 0 radical (unpaired) electrons. The Kier molecular flexibility index (Phi) is 5.01. The number of nitrogens with one attached hydrogen (secondary N) is 1. The third-order valence-corrected chi connectivity index (χ3v) is 2.71. The molecule has 0 saturated carbocycles. The normalized spacial score (nSPS) is 27.7. The summed E-state index contributed by atoms with van der Waals surface area (Å²) in [4.78, 5) is 11.6. The third-order valence-electron chi connectivity index (χ3n) is 2.71. The van der Waals surface area contributed by atoms with Gasteiger partial charge in [0, 0.05) is 12.6 Å². The molecule has 1 aliphatic rings. The first-order valence-corrected chi connectivity index (χ1v) is 5.44. The highest BCUT2D eigenvalue weighted by Crippen LogP contribution is 2.11. The van der Waals surface area contributed by atoms with E-state index in [2.05, 4.69) is 5.32 Å². The van der Waals surface area contributed by atoms with E-state index in [-0.39, 0.29) is 24.0 Å². The first kappa shape index (κ1) is 12.4. The van der Waals surface area contributed by atoms with Crippen LogP contribution in [-0.4, -0.2) is 42.9 Å². The van der Waals surface area contributed by atoms with Gasteiger partial charge in [0.15, 0.2) is 0 Å². The molecule has 15 heavy (non-hydrogen) atoms. The number of amides is 1. The van der Waals surface area contributed by atoms with Gasteiger partial charge >= 0.3 is 0 Å². The topological polar surface area (TPSA) is 84.6 Å². The molecule has 88 valence electrons. The average Bonchev–Trinajstić information content (AvgIpc) is 2.64. The summed E-state index contributed by atoms with van der Waals surface area (Å²) in [6.07, 6.45) is 0.964. The summed E-state index contributed by atoms with van der Waals surface area (Å²) in [5, 5.41) is 12.0. The molecule has 0 aromatic heterocycles. The van der Waals surface area contributed by atoms with Gasteiger partial charge in [0.05, 0.1) is 25.2 Å². The molecule has 5 heteroatoms. The lowest BCUT2D eigenvalue weighted by atomic mass is 10.0. The minimum Gasteiger partial charge on any atom is -0.393 e. The van der Waals surface area contributed by atoms with E-state index >= 15 is 0 Å². The van der Waals surface area contributed by atoms with Crippen LogP contribution in [0.4, 0.5) is 0 Å². The molecule has 1 rings (SSSR count). The lowest BCUT2D eigenvalue weighted by Gasteiger charge is -2.14. The van der Waals surface area contributed by atoms with Crippen molar-refractivity contribution in [2.45, 2.75) is 31.9 Å². The van der Waals surface area contributed by atoms with Gasteiger partial charge in [-0.15, -0.1) is 0 Å². The minimum absolute atomic E-state index is 0.0664. The fourth-order valence-electron chi connectivity index (χ4n) is 1.54. The summed E-state index contributed by atoms with van der Waals surface area (Å²) in [7, 11) is 0. The lowest BCUT2D eigenvalue weighted by molar-refractivity contribution is -0.125. The first-order chi connectivity index (χ1) is 7.15. The molecule has 4 N–H and O–H groups in total. The number of carbonyl (C=O) groups excluding carboxylic acids is 1. The van der Waals surface area contributed by atoms with Crippen LogP contribution >= 0.6 is 0 Å². The fourth-order valence-corrected chi connectivity index (χ4v) is 1.54. The van der Waals surface area contributed by atoms with Crippen LogP contribution in [0.15, 0.2) is 0 Å². The van der Waals surface area contributed by atoms with E-state index in [0.29, 0.717) is 32.6 Å². The smallest absolute Gasteiger partial charge is 0.227 e. The molecule has 5 nitrogen and oxygen atoms in total. The molecule has 3 unspecified atom stereocenters. The summed E-state index contributed by atoms with van der Waals surface area (Å²) in [6.45, 7) is 3.27. The van der Waals surface area contributed by atoms with E-state index in [0.717, 1.165) is 0 Å². The maximum absolute atomic E-state index is 11.6. The highest BCUT2D eigenvalue weighted by atomic mass is 16.5. The van der Waals surface area contributed by atoms with E-state index in [9.17, 15) is 9.90 Å². The van der Waals surface area contributed by atoms with Crippen LogP contribution in [0.1, 0.15) is 19.8 Å². The highest BCUT2D eigenvalue weighted by Gasteiger charge is 2.30. The van der Waals surface area contributed by atoms with Gasteiger partial charge in [0.25, 0.3) is 0 Å². The van der Waals surface area contributed by atoms with Gasteiger partial charge in [0.1, 0.15) is 0 Å². The Morgan fingerprint density at radius 1 is 1.67 bits per heavy atom. The van der Waals surface area contributed by atoms with Crippen molar-refractivity contribution in [2.75, 3.05) is 19.8 Å². The second kappa shape index (κ2) is 6.05. The number of carbonyl (C=O) groups is 1. The molecule has 1 heterocycles. The van der Waals surface area contributed by atoms with Gasteiger partial charge in [-0.25, -0.2) is 0 Å². The van der Waals surface area contributed by atoms with Gasteiger partial charge < -0.3 is 20.9 Å². The zero-order valence-corrected chi connectivity index (χ0v) is 9.11. The van der Waals surface area contributed by atoms with Gasteiger partial charge in [0.2, 0.25) is 5.91 Å². The molecule has 0 bridgehead atoms. The third kappa shape index (κ3) is 3.77. The predicted molar refractivity (Wildman–Crippen MR) is 56.2 cm³/mol. The van der Waals surface area contributed by atoms with Gasteiger partial charge in [-0.3, -0.25) is 4.79 Å². The number of hydrogen-bond donors (Lipinski definition) is 3. The van der Waals surface area contributed by atoms with Crippen molar-refractivity contribution in [1.82, 2.24) is 5.32 Å². The van der Waals surface area contributed by atoms with Crippen molar-refractivity contribution < 1.29 is 14.6 Å². The van der Waals surface area contributed by atoms with Crippen molar-refractivity contribution in [3.63, 3.8) is 0 Å². The van der Waals surface area contributed by atoms with Crippen LogP contribution in [0.25, 0.3) is 0 Å². The van der Waals surface area contributed by atoms with Crippen molar-refractivity contribution in [3.05, 3.63) is 0 Å². The zero-order valence-electron chi connectivity index (χ0n) is 9.11. The summed E-state index contributed by atoms with van der Waals surface area (Å²) in [5.74, 6) is -0.299. The quantitative estimate of drug-likeness (QED) is 0.564. The molecule has 1 amide bonds. The van der Waals surface area contributed by atoms with Crippen LogP contribution in [-0.2, 0) is 9.53 Å². The maximum Gasteiger partial charge on any atom is 0.227 e. The minimum atomic E-state index is -0.334. The van der Waals surface area contributed by atoms with Crippen LogP contribution in [0.3, 0.4) is 0 Å².